The van der Waals surface area contributed by atoms with Crippen molar-refractivity contribution in [2.45, 2.75) is 0 Å². The average molecular weight is 316 g/mol. The second kappa shape index (κ2) is 7.17. The van der Waals surface area contributed by atoms with Crippen LogP contribution in [0.5, 0.6) is 23.0 Å². The Balaban J connectivity index is 2.13. The van der Waals surface area contributed by atoms with E-state index >= 15 is 0 Å². The van der Waals surface area contributed by atoms with Crippen LogP contribution in [-0.4, -0.2) is 36.6 Å². The zero-order valence-corrected chi connectivity index (χ0v) is 12.6. The van der Waals surface area contributed by atoms with E-state index in [9.17, 15) is 15.0 Å². The van der Waals surface area contributed by atoms with Gasteiger partial charge in [0.05, 0.1) is 20.4 Å². The predicted molar refractivity (Wildman–Crippen MR) is 84.4 cm³/mol. The minimum Gasteiger partial charge on any atom is -0.508 e. The van der Waals surface area contributed by atoms with Crippen LogP contribution in [0.25, 0.3) is 0 Å². The molecule has 0 saturated carbocycles. The number of ether oxygens (including phenoxy) is 2. The van der Waals surface area contributed by atoms with Crippen LogP contribution < -0.4 is 14.9 Å². The van der Waals surface area contributed by atoms with Gasteiger partial charge in [0.2, 0.25) is 5.75 Å². The molecule has 0 aliphatic heterocycles. The lowest BCUT2D eigenvalue weighted by Gasteiger charge is -2.09. The molecule has 0 saturated heterocycles. The van der Waals surface area contributed by atoms with E-state index in [4.69, 9.17) is 9.47 Å². The predicted octanol–water partition coefficient (Wildman–Crippen LogP) is 1.88. The largest absolute Gasteiger partial charge is 0.508 e. The zero-order chi connectivity index (χ0) is 16.8. The summed E-state index contributed by atoms with van der Waals surface area (Å²) in [5, 5.41) is 23.0. The fraction of sp³-hybridized carbons (Fsp3) is 0.125. The molecule has 1 amide bonds. The Labute approximate surface area is 132 Å². The molecule has 0 atom stereocenters. The summed E-state index contributed by atoms with van der Waals surface area (Å²) in [7, 11) is 2.83. The summed E-state index contributed by atoms with van der Waals surface area (Å²) in [4.78, 5) is 11.9. The van der Waals surface area contributed by atoms with Gasteiger partial charge in [0.15, 0.2) is 11.5 Å². The van der Waals surface area contributed by atoms with Crippen LogP contribution >= 0.6 is 0 Å². The minimum absolute atomic E-state index is 0.00497. The zero-order valence-electron chi connectivity index (χ0n) is 12.6. The third-order valence-electron chi connectivity index (χ3n) is 2.99. The lowest BCUT2D eigenvalue weighted by molar-refractivity contribution is 0.0954. The summed E-state index contributed by atoms with van der Waals surface area (Å²) in [5.74, 6) is -0.129. The number of hydrogen-bond donors (Lipinski definition) is 3. The van der Waals surface area contributed by atoms with Crippen molar-refractivity contribution in [3.8, 4) is 23.0 Å². The first-order valence-electron chi connectivity index (χ1n) is 6.62. The number of carbonyl (C=O) groups is 1. The Kier molecular flexibility index (Phi) is 5.03. The maximum Gasteiger partial charge on any atom is 0.271 e. The van der Waals surface area contributed by atoms with Gasteiger partial charge in [-0.1, -0.05) is 6.07 Å². The fourth-order valence-electron chi connectivity index (χ4n) is 1.87. The first kappa shape index (κ1) is 16.2. The average Bonchev–Trinajstić information content (AvgIpc) is 2.55. The van der Waals surface area contributed by atoms with E-state index in [1.807, 2.05) is 0 Å². The number of phenols is 2. The molecule has 0 radical (unpaired) electrons. The molecule has 7 nitrogen and oxygen atoms in total. The Bertz CT molecular complexity index is 718. The van der Waals surface area contributed by atoms with E-state index < -0.39 is 5.91 Å². The van der Waals surface area contributed by atoms with E-state index in [0.29, 0.717) is 5.56 Å². The van der Waals surface area contributed by atoms with Gasteiger partial charge in [-0.25, -0.2) is 5.43 Å². The summed E-state index contributed by atoms with van der Waals surface area (Å²) in [6, 6.07) is 9.00. The molecule has 0 aliphatic rings. The normalized spacial score (nSPS) is 10.5. The number of nitrogens with one attached hydrogen (secondary N) is 1. The molecular weight excluding hydrogens is 300 g/mol. The SMILES string of the molecule is COc1cc(/C=N\NC(=O)c2cccc(O)c2)cc(OC)c1O. The molecule has 0 spiro atoms. The summed E-state index contributed by atoms with van der Waals surface area (Å²) < 4.78 is 10.1. The summed E-state index contributed by atoms with van der Waals surface area (Å²) in [6.07, 6.45) is 1.38. The highest BCUT2D eigenvalue weighted by atomic mass is 16.5. The summed E-state index contributed by atoms with van der Waals surface area (Å²) in [5.41, 5.74) is 3.18. The first-order valence-corrected chi connectivity index (χ1v) is 6.62. The molecule has 0 aromatic heterocycles. The van der Waals surface area contributed by atoms with Gasteiger partial charge in [-0.15, -0.1) is 0 Å². The summed E-state index contributed by atoms with van der Waals surface area (Å²) in [6.45, 7) is 0. The highest BCUT2D eigenvalue weighted by molar-refractivity contribution is 5.95. The molecule has 0 aliphatic carbocycles. The maximum atomic E-state index is 11.9. The first-order chi connectivity index (χ1) is 11.0. The number of rotatable bonds is 5. The van der Waals surface area contributed by atoms with Crippen LogP contribution in [0.1, 0.15) is 15.9 Å². The highest BCUT2D eigenvalue weighted by Crippen LogP contribution is 2.36. The van der Waals surface area contributed by atoms with Crippen molar-refractivity contribution in [3.63, 3.8) is 0 Å². The molecule has 0 unspecified atom stereocenters. The van der Waals surface area contributed by atoms with E-state index in [2.05, 4.69) is 10.5 Å². The molecule has 2 aromatic carbocycles. The number of hydrogen-bond acceptors (Lipinski definition) is 6. The topological polar surface area (TPSA) is 100 Å². The standard InChI is InChI=1S/C16H16N2O5/c1-22-13-6-10(7-14(23-2)15(13)20)9-17-18-16(21)11-4-3-5-12(19)8-11/h3-9,19-20H,1-2H3,(H,18,21)/b17-9-. The van der Waals surface area contributed by atoms with Crippen LogP contribution in [0, 0.1) is 0 Å². The van der Waals surface area contributed by atoms with Crippen molar-refractivity contribution in [2.75, 3.05) is 14.2 Å². The van der Waals surface area contributed by atoms with Gasteiger partial charge in [0.25, 0.3) is 5.91 Å². The molecule has 2 aromatic rings. The monoisotopic (exact) mass is 316 g/mol. The van der Waals surface area contributed by atoms with E-state index in [0.717, 1.165) is 0 Å². The number of amides is 1. The Morgan fingerprint density at radius 3 is 2.35 bits per heavy atom. The van der Waals surface area contributed by atoms with Crippen LogP contribution in [0.15, 0.2) is 41.5 Å². The maximum absolute atomic E-state index is 11.9. The number of aromatic hydroxyl groups is 2. The Morgan fingerprint density at radius 1 is 1.13 bits per heavy atom. The van der Waals surface area contributed by atoms with Crippen molar-refractivity contribution >= 4 is 12.1 Å². The lowest BCUT2D eigenvalue weighted by atomic mass is 10.2. The van der Waals surface area contributed by atoms with E-state index in [1.165, 1.54) is 32.6 Å². The molecule has 0 bridgehead atoms. The minimum atomic E-state index is -0.463. The number of nitrogens with zero attached hydrogens (tertiary/aromatic N) is 1. The van der Waals surface area contributed by atoms with Gasteiger partial charge in [0, 0.05) is 11.1 Å². The van der Waals surface area contributed by atoms with Gasteiger partial charge in [-0.2, -0.15) is 5.10 Å². The van der Waals surface area contributed by atoms with Crippen molar-refractivity contribution in [2.24, 2.45) is 5.10 Å². The van der Waals surface area contributed by atoms with Crippen LogP contribution in [0.3, 0.4) is 0 Å². The fourth-order valence-corrected chi connectivity index (χ4v) is 1.87. The van der Waals surface area contributed by atoms with Crippen LogP contribution in [0.2, 0.25) is 0 Å². The van der Waals surface area contributed by atoms with Crippen molar-refractivity contribution in [1.29, 1.82) is 0 Å². The number of carbonyl (C=O) groups excluding carboxylic acids is 1. The van der Waals surface area contributed by atoms with Gasteiger partial charge in [-0.3, -0.25) is 4.79 Å². The van der Waals surface area contributed by atoms with Crippen LogP contribution in [-0.2, 0) is 0 Å². The summed E-state index contributed by atoms with van der Waals surface area (Å²) >= 11 is 0. The number of benzene rings is 2. The second-order valence-corrected chi connectivity index (χ2v) is 4.52. The number of hydrazone groups is 1. The Hall–Kier alpha value is -3.22. The lowest BCUT2D eigenvalue weighted by Crippen LogP contribution is -2.17. The van der Waals surface area contributed by atoms with Crippen molar-refractivity contribution in [1.82, 2.24) is 5.43 Å². The molecule has 23 heavy (non-hydrogen) atoms. The van der Waals surface area contributed by atoms with Gasteiger partial charge in [-0.05, 0) is 30.3 Å². The smallest absolute Gasteiger partial charge is 0.271 e. The molecular formula is C16H16N2O5. The van der Waals surface area contributed by atoms with Gasteiger partial charge < -0.3 is 19.7 Å². The van der Waals surface area contributed by atoms with E-state index in [1.54, 1.807) is 24.3 Å². The molecule has 0 fully saturated rings. The third-order valence-corrected chi connectivity index (χ3v) is 2.99. The van der Waals surface area contributed by atoms with Gasteiger partial charge in [0.1, 0.15) is 5.75 Å². The van der Waals surface area contributed by atoms with Crippen molar-refractivity contribution in [3.05, 3.63) is 47.5 Å². The molecule has 2 rings (SSSR count). The Morgan fingerprint density at radius 2 is 1.78 bits per heavy atom. The molecule has 3 N–H and O–H groups in total. The molecule has 0 heterocycles. The van der Waals surface area contributed by atoms with Crippen molar-refractivity contribution < 1.29 is 24.5 Å². The van der Waals surface area contributed by atoms with E-state index in [-0.39, 0.29) is 28.6 Å². The number of phenolic OH excluding ortho intramolecular Hbond substituents is 2. The van der Waals surface area contributed by atoms with Crippen LogP contribution in [0.4, 0.5) is 0 Å². The quantitative estimate of drug-likeness (QED) is 0.577. The second-order valence-electron chi connectivity index (χ2n) is 4.52. The highest BCUT2D eigenvalue weighted by Gasteiger charge is 2.10. The van der Waals surface area contributed by atoms with Gasteiger partial charge >= 0.3 is 0 Å². The molecule has 120 valence electrons. The number of methoxy groups -OCH3 is 2. The third kappa shape index (κ3) is 3.91. The molecule has 7 heteroatoms.